The number of fused-ring (bicyclic) bond motifs is 2. The topological polar surface area (TPSA) is 55.7 Å². The van der Waals surface area contributed by atoms with Gasteiger partial charge in [-0.05, 0) is 55.5 Å². The molecule has 1 aliphatic heterocycles. The zero-order valence-corrected chi connectivity index (χ0v) is 16.6. The van der Waals surface area contributed by atoms with Gasteiger partial charge < -0.3 is 4.74 Å². The second-order valence-electron chi connectivity index (χ2n) is 7.20. The minimum Gasteiger partial charge on any atom is -0.494 e. The molecule has 2 N–H and O–H groups in total. The molecule has 0 saturated carbocycles. The van der Waals surface area contributed by atoms with Crippen molar-refractivity contribution in [3.05, 3.63) is 96.1 Å². The van der Waals surface area contributed by atoms with E-state index in [0.29, 0.717) is 12.2 Å². The summed E-state index contributed by atoms with van der Waals surface area (Å²) in [5, 5.41) is 4.54. The Hall–Kier alpha value is -3.86. The molecule has 2 heterocycles. The van der Waals surface area contributed by atoms with Crippen molar-refractivity contribution in [2.24, 2.45) is 0 Å². The Kier molecular flexibility index (Phi) is 4.56. The van der Waals surface area contributed by atoms with Gasteiger partial charge in [0, 0.05) is 16.6 Å². The largest absolute Gasteiger partial charge is 0.494 e. The fraction of sp³-hybridized carbons (Fsp3) is 0.120. The molecule has 5 rings (SSSR count). The third-order valence-electron chi connectivity index (χ3n) is 5.32. The van der Waals surface area contributed by atoms with Crippen molar-refractivity contribution in [1.29, 1.82) is 0 Å². The minimum absolute atomic E-state index is 0.0455. The molecule has 0 radical (unpaired) electrons. The Morgan fingerprint density at radius 3 is 2.47 bits per heavy atom. The van der Waals surface area contributed by atoms with Crippen LogP contribution in [-0.2, 0) is 0 Å². The molecule has 1 atom stereocenters. The van der Waals surface area contributed by atoms with Crippen molar-refractivity contribution < 1.29 is 14.5 Å². The Labute approximate surface area is 174 Å². The van der Waals surface area contributed by atoms with E-state index in [0.717, 1.165) is 33.7 Å². The Balaban J connectivity index is 1.64. The van der Waals surface area contributed by atoms with E-state index in [2.05, 4.69) is 10.3 Å². The smallest absolute Gasteiger partial charge is 0.287 e. The Morgan fingerprint density at radius 2 is 1.70 bits per heavy atom. The highest BCUT2D eigenvalue weighted by Crippen LogP contribution is 2.36. The number of aromatic nitrogens is 1. The van der Waals surface area contributed by atoms with Gasteiger partial charge in [0.2, 0.25) is 6.17 Å². The molecular weight excluding hydrogens is 374 g/mol. The molecule has 0 fully saturated rings. The van der Waals surface area contributed by atoms with Crippen LogP contribution in [0.4, 0.5) is 11.5 Å². The first-order chi connectivity index (χ1) is 14.7. The quantitative estimate of drug-likeness (QED) is 0.538. The minimum atomic E-state index is -0.347. The predicted octanol–water partition coefficient (Wildman–Crippen LogP) is 4.82. The maximum Gasteiger partial charge on any atom is 0.287 e. The fourth-order valence-corrected chi connectivity index (χ4v) is 3.90. The lowest BCUT2D eigenvalue weighted by atomic mass is 10.0. The number of para-hydroxylation sites is 2. The van der Waals surface area contributed by atoms with Gasteiger partial charge in [0.1, 0.15) is 16.8 Å². The molecule has 1 aromatic heterocycles. The molecule has 0 saturated heterocycles. The van der Waals surface area contributed by atoms with E-state index in [1.54, 1.807) is 4.90 Å². The number of pyridine rings is 1. The van der Waals surface area contributed by atoms with Gasteiger partial charge in [-0.2, -0.15) is 0 Å². The number of carbonyl (C=O) groups is 1. The number of rotatable bonds is 4. The fourth-order valence-electron chi connectivity index (χ4n) is 3.90. The second kappa shape index (κ2) is 7.52. The summed E-state index contributed by atoms with van der Waals surface area (Å²) >= 11 is 0. The molecule has 0 aliphatic carbocycles. The zero-order chi connectivity index (χ0) is 20.5. The van der Waals surface area contributed by atoms with Gasteiger partial charge in [0.05, 0.1) is 6.61 Å². The molecular formula is C25H22N3O2+. The first-order valence-electron chi connectivity index (χ1n) is 10.1. The highest BCUT2D eigenvalue weighted by Gasteiger charge is 2.39. The van der Waals surface area contributed by atoms with Crippen molar-refractivity contribution in [2.75, 3.05) is 16.8 Å². The number of nitrogens with zero attached hydrogens (tertiary/aromatic N) is 1. The Bertz CT molecular complexity index is 1210. The number of H-pyrrole nitrogens is 1. The Morgan fingerprint density at radius 1 is 0.967 bits per heavy atom. The predicted molar refractivity (Wildman–Crippen MR) is 118 cm³/mol. The van der Waals surface area contributed by atoms with Crippen molar-refractivity contribution in [3.8, 4) is 5.75 Å². The van der Waals surface area contributed by atoms with Crippen LogP contribution in [0.1, 0.15) is 29.0 Å². The number of amides is 1. The highest BCUT2D eigenvalue weighted by molar-refractivity contribution is 6.12. The summed E-state index contributed by atoms with van der Waals surface area (Å²) in [6, 6.07) is 27.5. The molecule has 1 aliphatic rings. The van der Waals surface area contributed by atoms with Gasteiger partial charge >= 0.3 is 0 Å². The van der Waals surface area contributed by atoms with Crippen LogP contribution in [0.5, 0.6) is 5.75 Å². The van der Waals surface area contributed by atoms with Crippen molar-refractivity contribution in [1.82, 2.24) is 0 Å². The maximum atomic E-state index is 13.7. The number of benzene rings is 3. The van der Waals surface area contributed by atoms with E-state index >= 15 is 0 Å². The first-order valence-corrected chi connectivity index (χ1v) is 10.1. The third-order valence-corrected chi connectivity index (χ3v) is 5.32. The van der Waals surface area contributed by atoms with Crippen LogP contribution in [0.25, 0.3) is 10.9 Å². The monoisotopic (exact) mass is 396 g/mol. The third kappa shape index (κ3) is 3.14. The average molecular weight is 396 g/mol. The molecule has 0 unspecified atom stereocenters. The van der Waals surface area contributed by atoms with Crippen LogP contribution in [0, 0.1) is 0 Å². The number of carbonyl (C=O) groups excluding carboxylic acids is 1. The molecule has 30 heavy (non-hydrogen) atoms. The molecule has 1 amide bonds. The summed E-state index contributed by atoms with van der Waals surface area (Å²) in [5.74, 6) is 1.49. The molecule has 3 aromatic carbocycles. The van der Waals surface area contributed by atoms with E-state index in [1.165, 1.54) is 0 Å². The molecule has 148 valence electrons. The van der Waals surface area contributed by atoms with Gasteiger partial charge in [0.15, 0.2) is 0 Å². The molecule has 5 heteroatoms. The van der Waals surface area contributed by atoms with E-state index in [-0.39, 0.29) is 12.1 Å². The summed E-state index contributed by atoms with van der Waals surface area (Å²) in [6.07, 6.45) is -0.347. The number of anilines is 2. The van der Waals surface area contributed by atoms with E-state index in [9.17, 15) is 4.79 Å². The molecule has 0 spiro atoms. The normalized spacial score (nSPS) is 15.6. The second-order valence-corrected chi connectivity index (χ2v) is 7.20. The summed E-state index contributed by atoms with van der Waals surface area (Å²) in [5.41, 5.74) is 3.42. The summed E-state index contributed by atoms with van der Waals surface area (Å²) < 4.78 is 5.58. The highest BCUT2D eigenvalue weighted by atomic mass is 16.5. The van der Waals surface area contributed by atoms with Crippen LogP contribution in [-0.4, -0.2) is 12.5 Å². The van der Waals surface area contributed by atoms with E-state index in [1.807, 2.05) is 91.9 Å². The maximum absolute atomic E-state index is 13.7. The van der Waals surface area contributed by atoms with Crippen molar-refractivity contribution in [2.45, 2.75) is 13.1 Å². The van der Waals surface area contributed by atoms with Gasteiger partial charge in [-0.15, -0.1) is 0 Å². The van der Waals surface area contributed by atoms with Crippen molar-refractivity contribution in [3.63, 3.8) is 0 Å². The zero-order valence-electron chi connectivity index (χ0n) is 16.6. The van der Waals surface area contributed by atoms with E-state index in [4.69, 9.17) is 4.74 Å². The van der Waals surface area contributed by atoms with Crippen LogP contribution in [0.3, 0.4) is 0 Å². The first kappa shape index (κ1) is 18.2. The van der Waals surface area contributed by atoms with Gasteiger partial charge in [-0.25, -0.2) is 10.3 Å². The summed E-state index contributed by atoms with van der Waals surface area (Å²) in [4.78, 5) is 18.9. The summed E-state index contributed by atoms with van der Waals surface area (Å²) in [6.45, 7) is 2.58. The number of aromatic amines is 1. The van der Waals surface area contributed by atoms with Crippen LogP contribution < -0.4 is 19.9 Å². The van der Waals surface area contributed by atoms with Crippen molar-refractivity contribution >= 4 is 28.3 Å². The van der Waals surface area contributed by atoms with Crippen LogP contribution in [0.15, 0.2) is 84.9 Å². The van der Waals surface area contributed by atoms with Crippen LogP contribution in [0.2, 0.25) is 0 Å². The number of nitrogens with one attached hydrogen (secondary N) is 2. The lowest BCUT2D eigenvalue weighted by Crippen LogP contribution is -2.45. The number of hydrogen-bond acceptors (Lipinski definition) is 3. The summed E-state index contributed by atoms with van der Waals surface area (Å²) in [7, 11) is 0. The molecule has 0 bridgehead atoms. The average Bonchev–Trinajstić information content (AvgIpc) is 2.79. The van der Waals surface area contributed by atoms with E-state index < -0.39 is 0 Å². The standard InChI is InChI=1S/C25H21N3O2/c1-2-30-20-14-12-17(13-15-20)24-27-23-21(16-18-8-6-7-11-22(18)26-23)25(29)28(24)19-9-4-3-5-10-19/h3-16,24H,2H2,1H3,(H,26,27)/p+1/t24-/m0/s1. The van der Waals surface area contributed by atoms with Gasteiger partial charge in [-0.3, -0.25) is 9.69 Å². The molecule has 4 aromatic rings. The van der Waals surface area contributed by atoms with Crippen LogP contribution >= 0.6 is 0 Å². The number of ether oxygens (including phenoxy) is 1. The number of hydrogen-bond donors (Lipinski definition) is 1. The van der Waals surface area contributed by atoms with Gasteiger partial charge in [0.25, 0.3) is 11.7 Å². The lowest BCUT2D eigenvalue weighted by molar-refractivity contribution is -0.328. The molecule has 5 nitrogen and oxygen atoms in total. The SMILES string of the molecule is CCOc1ccc([C@H]2Nc3[nH+]c4ccccc4cc3C(=O)N2c2ccccc2)cc1. The van der Waals surface area contributed by atoms with Gasteiger partial charge in [-0.1, -0.05) is 36.4 Å². The lowest BCUT2D eigenvalue weighted by Gasteiger charge is -2.33.